The molecule has 1 aliphatic heterocycles. The highest BCUT2D eigenvalue weighted by Gasteiger charge is 2.05. The van der Waals surface area contributed by atoms with E-state index in [0.29, 0.717) is 11.6 Å². The molecule has 2 heteroatoms. The molecule has 0 spiro atoms. The van der Waals surface area contributed by atoms with Crippen molar-refractivity contribution in [2.75, 3.05) is 0 Å². The zero-order chi connectivity index (χ0) is 10.6. The summed E-state index contributed by atoms with van der Waals surface area (Å²) in [6.45, 7) is 8.03. The van der Waals surface area contributed by atoms with Gasteiger partial charge in [-0.25, -0.2) is 4.39 Å². The summed E-state index contributed by atoms with van der Waals surface area (Å²) in [5.74, 6) is 0.287. The fraction of sp³-hybridized carbons (Fsp3) is 0.333. The zero-order valence-electron chi connectivity index (χ0n) is 8.70. The van der Waals surface area contributed by atoms with Crippen LogP contribution in [0.15, 0.2) is 48.7 Å². The van der Waals surface area contributed by atoms with Gasteiger partial charge in [0.1, 0.15) is 5.83 Å². The van der Waals surface area contributed by atoms with Crippen molar-refractivity contribution in [3.05, 3.63) is 48.7 Å². The fourth-order valence-corrected chi connectivity index (χ4v) is 1.05. The van der Waals surface area contributed by atoms with Crippen molar-refractivity contribution >= 4 is 0 Å². The molecule has 0 aromatic carbocycles. The number of allylic oxidation sites excluding steroid dienone is 4. The first-order valence-electron chi connectivity index (χ1n) is 4.84. The third kappa shape index (κ3) is 2.87. The van der Waals surface area contributed by atoms with E-state index in [2.05, 4.69) is 26.5 Å². The van der Waals surface area contributed by atoms with Crippen molar-refractivity contribution in [1.29, 1.82) is 0 Å². The van der Waals surface area contributed by atoms with Crippen LogP contribution in [0.25, 0.3) is 0 Å². The molecule has 1 aliphatic rings. The Balaban J connectivity index is 2.60. The highest BCUT2D eigenvalue weighted by molar-refractivity contribution is 5.31. The maximum Gasteiger partial charge on any atom is 0.126 e. The maximum atomic E-state index is 12.7. The topological polar surface area (TPSA) is 3.24 Å². The van der Waals surface area contributed by atoms with Crippen LogP contribution in [0, 0.1) is 5.92 Å². The molecule has 76 valence electrons. The van der Waals surface area contributed by atoms with Gasteiger partial charge < -0.3 is 4.90 Å². The Hall–Kier alpha value is -1.31. The minimum absolute atomic E-state index is 0.247. The van der Waals surface area contributed by atoms with Crippen molar-refractivity contribution in [1.82, 2.24) is 4.90 Å². The molecule has 1 nitrogen and oxygen atoms in total. The van der Waals surface area contributed by atoms with E-state index in [1.807, 2.05) is 11.1 Å². The Bertz CT molecular complexity index is 299. The van der Waals surface area contributed by atoms with Gasteiger partial charge >= 0.3 is 0 Å². The fourth-order valence-electron chi connectivity index (χ4n) is 1.05. The van der Waals surface area contributed by atoms with Crippen LogP contribution in [-0.4, -0.2) is 4.90 Å². The van der Waals surface area contributed by atoms with Crippen molar-refractivity contribution in [2.24, 2.45) is 5.92 Å². The van der Waals surface area contributed by atoms with E-state index in [1.165, 1.54) is 12.2 Å². The van der Waals surface area contributed by atoms with Gasteiger partial charge in [0.15, 0.2) is 0 Å². The second-order valence-electron chi connectivity index (χ2n) is 3.47. The predicted molar refractivity (Wildman–Crippen MR) is 57.9 cm³/mol. The smallest absolute Gasteiger partial charge is 0.126 e. The average molecular weight is 193 g/mol. The Kier molecular flexibility index (Phi) is 3.69. The van der Waals surface area contributed by atoms with Crippen LogP contribution >= 0.6 is 0 Å². The summed E-state index contributed by atoms with van der Waals surface area (Å²) in [5, 5.41) is 0. The molecular formula is C12H16FN. The van der Waals surface area contributed by atoms with Gasteiger partial charge in [-0.2, -0.15) is 0 Å². The van der Waals surface area contributed by atoms with E-state index in [4.69, 9.17) is 0 Å². The van der Waals surface area contributed by atoms with E-state index in [0.717, 1.165) is 6.42 Å². The lowest BCUT2D eigenvalue weighted by Gasteiger charge is -2.19. The normalized spacial score (nSPS) is 18.9. The van der Waals surface area contributed by atoms with E-state index in [1.54, 1.807) is 6.20 Å². The van der Waals surface area contributed by atoms with Crippen molar-refractivity contribution < 1.29 is 4.39 Å². The van der Waals surface area contributed by atoms with Crippen LogP contribution in [-0.2, 0) is 0 Å². The van der Waals surface area contributed by atoms with Crippen LogP contribution in [0.3, 0.4) is 0 Å². The van der Waals surface area contributed by atoms with Crippen LogP contribution in [0.2, 0.25) is 0 Å². The lowest BCUT2D eigenvalue weighted by atomic mass is 10.1. The number of halogens is 1. The zero-order valence-corrected chi connectivity index (χ0v) is 8.70. The third-order valence-electron chi connectivity index (χ3n) is 2.25. The molecule has 0 bridgehead atoms. The molecule has 0 fully saturated rings. The van der Waals surface area contributed by atoms with Gasteiger partial charge in [0, 0.05) is 18.1 Å². The molecule has 0 aromatic rings. The summed E-state index contributed by atoms with van der Waals surface area (Å²) < 4.78 is 12.7. The minimum atomic E-state index is -0.247. The molecule has 1 unspecified atom stereocenters. The third-order valence-corrected chi connectivity index (χ3v) is 2.25. The molecule has 14 heavy (non-hydrogen) atoms. The van der Waals surface area contributed by atoms with Crippen molar-refractivity contribution in [3.63, 3.8) is 0 Å². The van der Waals surface area contributed by atoms with Crippen molar-refractivity contribution in [3.8, 4) is 0 Å². The first kappa shape index (κ1) is 10.8. The van der Waals surface area contributed by atoms with E-state index < -0.39 is 0 Å². The quantitative estimate of drug-likeness (QED) is 0.660. The molecule has 0 aromatic heterocycles. The molecule has 0 amide bonds. The standard InChI is InChI=1S/C12H16FN/c1-4-10(2)5-7-14-8-6-12(13)9-11(14)3/h5-10H,3-4H2,1-2H3/b7-5-. The molecule has 1 heterocycles. The summed E-state index contributed by atoms with van der Waals surface area (Å²) in [5.41, 5.74) is 0.657. The van der Waals surface area contributed by atoms with Crippen molar-refractivity contribution in [2.45, 2.75) is 20.3 Å². The molecular weight excluding hydrogens is 177 g/mol. The first-order valence-corrected chi connectivity index (χ1v) is 4.84. The molecule has 1 rings (SSSR count). The van der Waals surface area contributed by atoms with Gasteiger partial charge in [-0.1, -0.05) is 32.9 Å². The Morgan fingerprint density at radius 3 is 2.93 bits per heavy atom. The summed E-state index contributed by atoms with van der Waals surface area (Å²) in [7, 11) is 0. The van der Waals surface area contributed by atoms with Gasteiger partial charge in [-0.3, -0.25) is 0 Å². The number of nitrogens with zero attached hydrogens (tertiary/aromatic N) is 1. The summed E-state index contributed by atoms with van der Waals surface area (Å²) >= 11 is 0. The van der Waals surface area contributed by atoms with E-state index in [-0.39, 0.29) is 5.83 Å². The van der Waals surface area contributed by atoms with Gasteiger partial charge in [-0.05, 0) is 18.1 Å². The van der Waals surface area contributed by atoms with Crippen LogP contribution in [0.1, 0.15) is 20.3 Å². The van der Waals surface area contributed by atoms with Crippen LogP contribution < -0.4 is 0 Å². The van der Waals surface area contributed by atoms with Gasteiger partial charge in [-0.15, -0.1) is 0 Å². The molecule has 1 atom stereocenters. The van der Waals surface area contributed by atoms with Crippen LogP contribution in [0.4, 0.5) is 4.39 Å². The molecule has 0 radical (unpaired) electrons. The monoisotopic (exact) mass is 193 g/mol. The highest BCUT2D eigenvalue weighted by Crippen LogP contribution is 2.17. The Morgan fingerprint density at radius 2 is 2.36 bits per heavy atom. The minimum Gasteiger partial charge on any atom is -0.325 e. The van der Waals surface area contributed by atoms with E-state index >= 15 is 0 Å². The molecule has 0 saturated heterocycles. The molecule has 0 saturated carbocycles. The number of hydrogen-bond donors (Lipinski definition) is 0. The summed E-state index contributed by atoms with van der Waals surface area (Å²) in [4.78, 5) is 1.81. The van der Waals surface area contributed by atoms with Gasteiger partial charge in [0.2, 0.25) is 0 Å². The number of hydrogen-bond acceptors (Lipinski definition) is 1. The second kappa shape index (κ2) is 4.80. The lowest BCUT2D eigenvalue weighted by molar-refractivity contribution is 0.589. The van der Waals surface area contributed by atoms with Gasteiger partial charge in [0.25, 0.3) is 0 Å². The van der Waals surface area contributed by atoms with E-state index in [9.17, 15) is 4.39 Å². The highest BCUT2D eigenvalue weighted by atomic mass is 19.1. The molecule has 0 aliphatic carbocycles. The number of rotatable bonds is 3. The Labute approximate surface area is 84.9 Å². The first-order chi connectivity index (χ1) is 6.63. The summed E-state index contributed by atoms with van der Waals surface area (Å²) in [6.07, 6.45) is 9.64. The SMILES string of the molecule is C=C1C=C(F)C=CN1/C=C\C(C)CC. The Morgan fingerprint density at radius 1 is 1.64 bits per heavy atom. The maximum absolute atomic E-state index is 12.7. The second-order valence-corrected chi connectivity index (χ2v) is 3.47. The lowest BCUT2D eigenvalue weighted by Crippen LogP contribution is -2.09. The average Bonchev–Trinajstić information content (AvgIpc) is 2.16. The largest absolute Gasteiger partial charge is 0.325 e. The van der Waals surface area contributed by atoms with Crippen LogP contribution in [0.5, 0.6) is 0 Å². The molecule has 0 N–H and O–H groups in total. The predicted octanol–water partition coefficient (Wildman–Crippen LogP) is 3.74. The summed E-state index contributed by atoms with van der Waals surface area (Å²) in [6, 6.07) is 0. The van der Waals surface area contributed by atoms with Gasteiger partial charge in [0.05, 0.1) is 0 Å².